The first-order valence-corrected chi connectivity index (χ1v) is 9.28. The average molecular weight is 384 g/mol. The second-order valence-corrected chi connectivity index (χ2v) is 6.64. The molecule has 1 amide bonds. The zero-order valence-electron chi connectivity index (χ0n) is 16.1. The predicted octanol–water partition coefficient (Wildman–Crippen LogP) is 3.52. The number of hydrogen-bond donors (Lipinski definition) is 1. The molecule has 4 aromatic rings. The minimum atomic E-state index is -0.239. The summed E-state index contributed by atoms with van der Waals surface area (Å²) in [4.78, 5) is 25.4. The van der Waals surface area contributed by atoms with E-state index in [1.807, 2.05) is 67.1 Å². The lowest BCUT2D eigenvalue weighted by molar-refractivity contribution is 0.0939. The Labute approximate surface area is 168 Å². The molecule has 0 aliphatic heterocycles. The van der Waals surface area contributed by atoms with E-state index in [1.54, 1.807) is 12.4 Å². The molecule has 0 spiro atoms. The molecule has 0 radical (unpaired) electrons. The van der Waals surface area contributed by atoms with Crippen LogP contribution in [0.2, 0.25) is 0 Å². The van der Waals surface area contributed by atoms with Crippen LogP contribution < -0.4 is 5.32 Å². The SMILES string of the molecule is Cc1c([C@@H](C)NC(=O)c2cnc(-c3ccccn3)nc2)cnn1-c1ccccc1. The van der Waals surface area contributed by atoms with E-state index in [0.29, 0.717) is 17.1 Å². The Morgan fingerprint density at radius 3 is 2.38 bits per heavy atom. The van der Waals surface area contributed by atoms with Crippen LogP contribution in [0, 0.1) is 6.92 Å². The van der Waals surface area contributed by atoms with Crippen molar-refractivity contribution in [2.24, 2.45) is 0 Å². The third-order valence-electron chi connectivity index (χ3n) is 4.67. The minimum Gasteiger partial charge on any atom is -0.345 e. The molecule has 0 saturated carbocycles. The van der Waals surface area contributed by atoms with Gasteiger partial charge >= 0.3 is 0 Å². The van der Waals surface area contributed by atoms with Crippen molar-refractivity contribution in [1.82, 2.24) is 30.0 Å². The molecule has 144 valence electrons. The van der Waals surface area contributed by atoms with Gasteiger partial charge in [0.25, 0.3) is 5.91 Å². The first-order chi connectivity index (χ1) is 14.1. The molecule has 4 rings (SSSR count). The number of benzene rings is 1. The van der Waals surface area contributed by atoms with E-state index in [4.69, 9.17) is 0 Å². The molecule has 1 atom stereocenters. The van der Waals surface area contributed by atoms with Gasteiger partial charge in [-0.25, -0.2) is 14.6 Å². The Morgan fingerprint density at radius 2 is 1.69 bits per heavy atom. The van der Waals surface area contributed by atoms with Gasteiger partial charge in [-0.15, -0.1) is 0 Å². The highest BCUT2D eigenvalue weighted by Gasteiger charge is 2.17. The van der Waals surface area contributed by atoms with E-state index >= 15 is 0 Å². The van der Waals surface area contributed by atoms with Crippen LogP contribution in [0.4, 0.5) is 0 Å². The fraction of sp³-hybridized carbons (Fsp3) is 0.136. The molecule has 3 heterocycles. The van der Waals surface area contributed by atoms with Gasteiger partial charge in [0.2, 0.25) is 0 Å². The number of carbonyl (C=O) groups excluding carboxylic acids is 1. The van der Waals surface area contributed by atoms with Crippen molar-refractivity contribution in [2.75, 3.05) is 0 Å². The Kier molecular flexibility index (Phi) is 5.11. The zero-order chi connectivity index (χ0) is 20.2. The number of carbonyl (C=O) groups is 1. The molecular formula is C22H20N6O. The highest BCUT2D eigenvalue weighted by molar-refractivity contribution is 5.94. The van der Waals surface area contributed by atoms with Crippen LogP contribution in [0.5, 0.6) is 0 Å². The molecule has 0 saturated heterocycles. The normalized spacial score (nSPS) is 11.8. The Balaban J connectivity index is 1.48. The number of nitrogens with zero attached hydrogens (tertiary/aromatic N) is 5. The van der Waals surface area contributed by atoms with Gasteiger partial charge < -0.3 is 5.32 Å². The molecule has 1 N–H and O–H groups in total. The van der Waals surface area contributed by atoms with Gasteiger partial charge in [-0.05, 0) is 38.1 Å². The van der Waals surface area contributed by atoms with Crippen molar-refractivity contribution in [3.8, 4) is 17.2 Å². The number of hydrogen-bond acceptors (Lipinski definition) is 5. The van der Waals surface area contributed by atoms with Crippen molar-refractivity contribution in [1.29, 1.82) is 0 Å². The van der Waals surface area contributed by atoms with Gasteiger partial charge in [0.05, 0.1) is 23.5 Å². The van der Waals surface area contributed by atoms with Crippen molar-refractivity contribution >= 4 is 5.91 Å². The summed E-state index contributed by atoms with van der Waals surface area (Å²) in [5.41, 5.74) is 3.97. The Morgan fingerprint density at radius 1 is 0.966 bits per heavy atom. The number of nitrogens with one attached hydrogen (secondary N) is 1. The molecule has 0 fully saturated rings. The highest BCUT2D eigenvalue weighted by atomic mass is 16.1. The molecule has 1 aromatic carbocycles. The summed E-state index contributed by atoms with van der Waals surface area (Å²) >= 11 is 0. The van der Waals surface area contributed by atoms with Gasteiger partial charge in [-0.1, -0.05) is 24.3 Å². The molecule has 0 aliphatic rings. The van der Waals surface area contributed by atoms with Crippen molar-refractivity contribution < 1.29 is 4.79 Å². The molecule has 0 aliphatic carbocycles. The molecule has 0 unspecified atom stereocenters. The van der Waals surface area contributed by atoms with Crippen molar-refractivity contribution in [2.45, 2.75) is 19.9 Å². The summed E-state index contributed by atoms with van der Waals surface area (Å²) in [6, 6.07) is 15.2. The Hall–Kier alpha value is -3.87. The van der Waals surface area contributed by atoms with E-state index in [-0.39, 0.29) is 11.9 Å². The summed E-state index contributed by atoms with van der Waals surface area (Å²) < 4.78 is 1.86. The van der Waals surface area contributed by atoms with E-state index in [2.05, 4.69) is 25.4 Å². The molecule has 7 heteroatoms. The first kappa shape index (κ1) is 18.5. The van der Waals surface area contributed by atoms with Crippen LogP contribution in [0.1, 0.15) is 34.6 Å². The number of pyridine rings is 1. The summed E-state index contributed by atoms with van der Waals surface area (Å²) in [6.07, 6.45) is 6.49. The first-order valence-electron chi connectivity index (χ1n) is 9.28. The third-order valence-corrected chi connectivity index (χ3v) is 4.67. The lowest BCUT2D eigenvalue weighted by Gasteiger charge is -2.14. The maximum Gasteiger partial charge on any atom is 0.254 e. The monoisotopic (exact) mass is 384 g/mol. The van der Waals surface area contributed by atoms with Crippen molar-refractivity contribution in [3.63, 3.8) is 0 Å². The maximum absolute atomic E-state index is 12.6. The van der Waals surface area contributed by atoms with E-state index < -0.39 is 0 Å². The van der Waals surface area contributed by atoms with Gasteiger partial charge in [0, 0.05) is 29.8 Å². The number of aromatic nitrogens is 5. The summed E-state index contributed by atoms with van der Waals surface area (Å²) in [7, 11) is 0. The maximum atomic E-state index is 12.6. The topological polar surface area (TPSA) is 85.6 Å². The second-order valence-electron chi connectivity index (χ2n) is 6.64. The lowest BCUT2D eigenvalue weighted by Crippen LogP contribution is -2.27. The average Bonchev–Trinajstić information content (AvgIpc) is 3.16. The molecule has 3 aromatic heterocycles. The summed E-state index contributed by atoms with van der Waals surface area (Å²) in [5.74, 6) is 0.243. The van der Waals surface area contributed by atoms with E-state index in [9.17, 15) is 4.79 Å². The third kappa shape index (κ3) is 3.89. The largest absolute Gasteiger partial charge is 0.345 e. The van der Waals surface area contributed by atoms with Crippen LogP contribution in [-0.4, -0.2) is 30.6 Å². The summed E-state index contributed by atoms with van der Waals surface area (Å²) in [5, 5.41) is 7.46. The van der Waals surface area contributed by atoms with Gasteiger partial charge in [0.1, 0.15) is 5.69 Å². The number of amides is 1. The van der Waals surface area contributed by atoms with Crippen LogP contribution in [0.3, 0.4) is 0 Å². The predicted molar refractivity (Wildman–Crippen MR) is 109 cm³/mol. The van der Waals surface area contributed by atoms with Crippen molar-refractivity contribution in [3.05, 3.63) is 90.1 Å². The smallest absolute Gasteiger partial charge is 0.254 e. The minimum absolute atomic E-state index is 0.213. The van der Waals surface area contributed by atoms with Crippen LogP contribution in [0.25, 0.3) is 17.2 Å². The molecule has 29 heavy (non-hydrogen) atoms. The lowest BCUT2D eigenvalue weighted by atomic mass is 10.1. The Bertz CT molecular complexity index is 1110. The fourth-order valence-electron chi connectivity index (χ4n) is 3.11. The molecule has 7 nitrogen and oxygen atoms in total. The fourth-order valence-corrected chi connectivity index (χ4v) is 3.11. The number of para-hydroxylation sites is 1. The highest BCUT2D eigenvalue weighted by Crippen LogP contribution is 2.20. The number of rotatable bonds is 5. The van der Waals surface area contributed by atoms with Crippen LogP contribution in [0.15, 0.2) is 73.3 Å². The molecular weight excluding hydrogens is 364 g/mol. The van der Waals surface area contributed by atoms with Crippen LogP contribution in [-0.2, 0) is 0 Å². The molecule has 0 bridgehead atoms. The van der Waals surface area contributed by atoms with E-state index in [1.165, 1.54) is 12.4 Å². The summed E-state index contributed by atoms with van der Waals surface area (Å²) in [6.45, 7) is 3.92. The zero-order valence-corrected chi connectivity index (χ0v) is 16.1. The standard InChI is InChI=1S/C22H20N6O/c1-15(19-14-26-28(16(19)2)18-8-4-3-5-9-18)27-22(29)17-12-24-21(25-13-17)20-10-6-7-11-23-20/h3-15H,1-2H3,(H,27,29)/t15-/m1/s1. The van der Waals surface area contributed by atoms with Gasteiger partial charge in [-0.2, -0.15) is 5.10 Å². The van der Waals surface area contributed by atoms with E-state index in [0.717, 1.165) is 16.9 Å². The quantitative estimate of drug-likeness (QED) is 0.569. The van der Waals surface area contributed by atoms with Gasteiger partial charge in [0.15, 0.2) is 5.82 Å². The van der Waals surface area contributed by atoms with Gasteiger partial charge in [-0.3, -0.25) is 9.78 Å². The second kappa shape index (κ2) is 8.02. The van der Waals surface area contributed by atoms with Crippen LogP contribution >= 0.6 is 0 Å².